The van der Waals surface area contributed by atoms with Gasteiger partial charge in [0.25, 0.3) is 0 Å². The molecule has 0 aliphatic rings. The Morgan fingerprint density at radius 1 is 0.833 bits per heavy atom. The zero-order chi connectivity index (χ0) is 17.0. The van der Waals surface area contributed by atoms with Crippen molar-refractivity contribution in [2.45, 2.75) is 45.4 Å². The van der Waals surface area contributed by atoms with E-state index in [1.807, 2.05) is 31.2 Å². The van der Waals surface area contributed by atoms with Gasteiger partial charge in [0, 0.05) is 0 Å². The van der Waals surface area contributed by atoms with Gasteiger partial charge in [-0.25, -0.2) is 4.79 Å². The van der Waals surface area contributed by atoms with E-state index in [1.165, 1.54) is 24.8 Å². The first kappa shape index (κ1) is 18.1. The Balaban J connectivity index is 1.48. The molecule has 24 heavy (non-hydrogen) atoms. The molecule has 0 N–H and O–H groups in total. The van der Waals surface area contributed by atoms with E-state index in [-0.39, 0.29) is 0 Å². The normalized spacial score (nSPS) is 10.4. The molecule has 0 fully saturated rings. The number of rotatable bonds is 9. The van der Waals surface area contributed by atoms with Crippen molar-refractivity contribution in [3.8, 4) is 5.75 Å². The van der Waals surface area contributed by atoms with E-state index in [4.69, 9.17) is 9.47 Å². The van der Waals surface area contributed by atoms with Gasteiger partial charge in [-0.1, -0.05) is 67.8 Å². The molecule has 2 rings (SSSR count). The molecule has 0 heterocycles. The predicted octanol–water partition coefficient (Wildman–Crippen LogP) is 5.70. The summed E-state index contributed by atoms with van der Waals surface area (Å²) in [7, 11) is 0. The van der Waals surface area contributed by atoms with Gasteiger partial charge in [0.2, 0.25) is 0 Å². The summed E-state index contributed by atoms with van der Waals surface area (Å²) in [6.45, 7) is 2.32. The molecule has 0 atom stereocenters. The lowest BCUT2D eigenvalue weighted by Crippen LogP contribution is -2.12. The SMILES string of the molecule is Cc1ccccc1OC(=O)OCCCCCCCc1ccccc1. The monoisotopic (exact) mass is 326 g/mol. The third kappa shape index (κ3) is 6.86. The molecule has 2 aromatic carbocycles. The lowest BCUT2D eigenvalue weighted by Gasteiger charge is -2.07. The molecule has 3 heteroatoms. The lowest BCUT2D eigenvalue weighted by atomic mass is 10.1. The smallest absolute Gasteiger partial charge is 0.434 e. The molecule has 0 saturated carbocycles. The van der Waals surface area contributed by atoms with Crippen molar-refractivity contribution in [3.05, 3.63) is 65.7 Å². The van der Waals surface area contributed by atoms with Crippen LogP contribution in [0.25, 0.3) is 0 Å². The van der Waals surface area contributed by atoms with Crippen molar-refractivity contribution in [1.82, 2.24) is 0 Å². The van der Waals surface area contributed by atoms with Crippen LogP contribution in [0, 0.1) is 6.92 Å². The van der Waals surface area contributed by atoms with E-state index >= 15 is 0 Å². The second-order valence-electron chi connectivity index (χ2n) is 5.97. The molecule has 0 bridgehead atoms. The number of ether oxygens (including phenoxy) is 2. The first-order valence-corrected chi connectivity index (χ1v) is 8.70. The Morgan fingerprint density at radius 2 is 1.50 bits per heavy atom. The van der Waals surface area contributed by atoms with Crippen LogP contribution in [0.15, 0.2) is 54.6 Å². The molecule has 0 unspecified atom stereocenters. The highest BCUT2D eigenvalue weighted by atomic mass is 16.7. The molecule has 0 aliphatic carbocycles. The van der Waals surface area contributed by atoms with E-state index < -0.39 is 6.16 Å². The molecule has 128 valence electrons. The summed E-state index contributed by atoms with van der Waals surface area (Å²) in [6, 6.07) is 18.0. The standard InChI is InChI=1S/C21H26O3/c1-18-12-9-10-16-20(18)24-21(22)23-17-11-4-2-3-6-13-19-14-7-5-8-15-19/h5,7-10,12,14-16H,2-4,6,11,13,17H2,1H3. The molecule has 0 aliphatic heterocycles. The summed E-state index contributed by atoms with van der Waals surface area (Å²) in [5.74, 6) is 0.559. The summed E-state index contributed by atoms with van der Waals surface area (Å²) in [5, 5.41) is 0. The van der Waals surface area contributed by atoms with Crippen molar-refractivity contribution in [2.24, 2.45) is 0 Å². The van der Waals surface area contributed by atoms with Gasteiger partial charge in [0.05, 0.1) is 6.61 Å². The summed E-state index contributed by atoms with van der Waals surface area (Å²) >= 11 is 0. The van der Waals surface area contributed by atoms with Gasteiger partial charge in [-0.05, 0) is 43.4 Å². The molecule has 0 spiro atoms. The van der Waals surface area contributed by atoms with Crippen LogP contribution in [0.3, 0.4) is 0 Å². The highest BCUT2D eigenvalue weighted by Crippen LogP contribution is 2.16. The zero-order valence-electron chi connectivity index (χ0n) is 14.4. The van der Waals surface area contributed by atoms with Crippen molar-refractivity contribution in [2.75, 3.05) is 6.61 Å². The summed E-state index contributed by atoms with van der Waals surface area (Å²) in [4.78, 5) is 11.6. The van der Waals surface area contributed by atoms with Gasteiger partial charge >= 0.3 is 6.16 Å². The van der Waals surface area contributed by atoms with Crippen LogP contribution in [0.1, 0.15) is 43.2 Å². The van der Waals surface area contributed by atoms with Crippen LogP contribution in [-0.4, -0.2) is 12.8 Å². The van der Waals surface area contributed by atoms with E-state index in [0.717, 1.165) is 24.8 Å². The number of benzene rings is 2. The van der Waals surface area contributed by atoms with Crippen molar-refractivity contribution in [3.63, 3.8) is 0 Å². The number of aryl methyl sites for hydroxylation is 2. The largest absolute Gasteiger partial charge is 0.513 e. The molecular formula is C21H26O3. The maximum Gasteiger partial charge on any atom is 0.513 e. The van der Waals surface area contributed by atoms with Gasteiger partial charge in [-0.2, -0.15) is 0 Å². The summed E-state index contributed by atoms with van der Waals surface area (Å²) in [5.41, 5.74) is 2.33. The van der Waals surface area contributed by atoms with Crippen LogP contribution < -0.4 is 4.74 Å². The zero-order valence-corrected chi connectivity index (χ0v) is 14.4. The van der Waals surface area contributed by atoms with Crippen molar-refractivity contribution in [1.29, 1.82) is 0 Å². The number of carbonyl (C=O) groups excluding carboxylic acids is 1. The predicted molar refractivity (Wildman–Crippen MR) is 96.4 cm³/mol. The minimum Gasteiger partial charge on any atom is -0.434 e. The van der Waals surface area contributed by atoms with Crippen LogP contribution in [0.5, 0.6) is 5.75 Å². The van der Waals surface area contributed by atoms with E-state index in [0.29, 0.717) is 12.4 Å². The number of hydrogen-bond donors (Lipinski definition) is 0. The fraction of sp³-hybridized carbons (Fsp3) is 0.381. The summed E-state index contributed by atoms with van der Waals surface area (Å²) in [6.07, 6.45) is 6.07. The highest BCUT2D eigenvalue weighted by molar-refractivity contribution is 5.64. The number of hydrogen-bond acceptors (Lipinski definition) is 3. The number of para-hydroxylation sites is 1. The highest BCUT2D eigenvalue weighted by Gasteiger charge is 2.07. The minimum atomic E-state index is -0.617. The third-order valence-electron chi connectivity index (χ3n) is 3.96. The van der Waals surface area contributed by atoms with Crippen LogP contribution >= 0.6 is 0 Å². The van der Waals surface area contributed by atoms with Gasteiger partial charge < -0.3 is 9.47 Å². The van der Waals surface area contributed by atoms with Gasteiger partial charge in [0.1, 0.15) is 5.75 Å². The Morgan fingerprint density at radius 3 is 2.29 bits per heavy atom. The molecule has 3 nitrogen and oxygen atoms in total. The maximum atomic E-state index is 11.6. The first-order chi connectivity index (χ1) is 11.8. The molecule has 0 radical (unpaired) electrons. The quantitative estimate of drug-likeness (QED) is 0.337. The van der Waals surface area contributed by atoms with E-state index in [9.17, 15) is 4.79 Å². The maximum absolute atomic E-state index is 11.6. The van der Waals surface area contributed by atoms with Gasteiger partial charge in [-0.3, -0.25) is 0 Å². The molecule has 0 amide bonds. The number of unbranched alkanes of at least 4 members (excludes halogenated alkanes) is 4. The lowest BCUT2D eigenvalue weighted by molar-refractivity contribution is 0.0970. The molecule has 0 saturated heterocycles. The van der Waals surface area contributed by atoms with Gasteiger partial charge in [0.15, 0.2) is 0 Å². The molecular weight excluding hydrogens is 300 g/mol. The first-order valence-electron chi connectivity index (χ1n) is 8.70. The molecule has 0 aromatic heterocycles. The van der Waals surface area contributed by atoms with Crippen molar-refractivity contribution >= 4 is 6.16 Å². The Bertz CT molecular complexity index is 607. The van der Waals surface area contributed by atoms with E-state index in [1.54, 1.807) is 6.07 Å². The average Bonchev–Trinajstić information content (AvgIpc) is 2.60. The van der Waals surface area contributed by atoms with Crippen LogP contribution in [-0.2, 0) is 11.2 Å². The Labute approximate surface area is 144 Å². The number of carbonyl (C=O) groups is 1. The van der Waals surface area contributed by atoms with Crippen LogP contribution in [0.4, 0.5) is 4.79 Å². The van der Waals surface area contributed by atoms with Crippen molar-refractivity contribution < 1.29 is 14.3 Å². The summed E-state index contributed by atoms with van der Waals surface area (Å²) < 4.78 is 10.3. The van der Waals surface area contributed by atoms with Crippen LogP contribution in [0.2, 0.25) is 0 Å². The Kier molecular flexibility index (Phi) is 7.88. The fourth-order valence-corrected chi connectivity index (χ4v) is 2.55. The minimum absolute atomic E-state index is 0.420. The van der Waals surface area contributed by atoms with E-state index in [2.05, 4.69) is 24.3 Å². The molecule has 2 aromatic rings. The fourth-order valence-electron chi connectivity index (χ4n) is 2.55. The van der Waals surface area contributed by atoms with Gasteiger partial charge in [-0.15, -0.1) is 0 Å². The second kappa shape index (κ2) is 10.5. The third-order valence-corrected chi connectivity index (χ3v) is 3.96. The second-order valence-corrected chi connectivity index (χ2v) is 5.97. The topological polar surface area (TPSA) is 35.5 Å². The Hall–Kier alpha value is -2.29. The average molecular weight is 326 g/mol.